The summed E-state index contributed by atoms with van der Waals surface area (Å²) >= 11 is 0. The van der Waals surface area contributed by atoms with Gasteiger partial charge in [-0.05, 0) is 54.8 Å². The zero-order valence-corrected chi connectivity index (χ0v) is 19.5. The van der Waals surface area contributed by atoms with Gasteiger partial charge in [-0.2, -0.15) is 0 Å². The van der Waals surface area contributed by atoms with Crippen LogP contribution in [-0.2, 0) is 20.7 Å². The molecule has 180 valence electrons. The van der Waals surface area contributed by atoms with Crippen LogP contribution in [0.25, 0.3) is 0 Å². The van der Waals surface area contributed by atoms with Crippen molar-refractivity contribution < 1.29 is 19.1 Å². The van der Waals surface area contributed by atoms with Gasteiger partial charge < -0.3 is 20.3 Å². The van der Waals surface area contributed by atoms with Crippen molar-refractivity contribution in [2.45, 2.75) is 25.3 Å². The van der Waals surface area contributed by atoms with Gasteiger partial charge in [0.15, 0.2) is 6.61 Å². The number of rotatable bonds is 9. The van der Waals surface area contributed by atoms with Crippen LogP contribution in [0.2, 0.25) is 0 Å². The zero-order chi connectivity index (χ0) is 24.5. The quantitative estimate of drug-likeness (QED) is 0.464. The Morgan fingerprint density at radius 3 is 2.11 bits per heavy atom. The Kier molecular flexibility index (Phi) is 8.12. The third kappa shape index (κ3) is 6.93. The fraction of sp³-hybridized carbons (Fsp3) is 0.250. The molecule has 3 aromatic carbocycles. The maximum Gasteiger partial charge on any atom is 0.329 e. The highest BCUT2D eigenvalue weighted by Gasteiger charge is 2.24. The molecule has 7 nitrogen and oxygen atoms in total. The van der Waals surface area contributed by atoms with Crippen LogP contribution in [-0.4, -0.2) is 43.5 Å². The van der Waals surface area contributed by atoms with Crippen molar-refractivity contribution in [3.05, 3.63) is 96.1 Å². The number of hydrogen-bond acceptors (Lipinski definition) is 5. The van der Waals surface area contributed by atoms with Gasteiger partial charge in [0.25, 0.3) is 11.8 Å². The second kappa shape index (κ2) is 11.8. The summed E-state index contributed by atoms with van der Waals surface area (Å²) in [5.41, 5.74) is 3.07. The normalized spacial score (nSPS) is 13.7. The van der Waals surface area contributed by atoms with E-state index < -0.39 is 24.5 Å². The summed E-state index contributed by atoms with van der Waals surface area (Å²) in [5, 5.41) is 5.49. The van der Waals surface area contributed by atoms with E-state index in [0.717, 1.165) is 24.3 Å². The second-order valence-corrected chi connectivity index (χ2v) is 8.48. The lowest BCUT2D eigenvalue weighted by Crippen LogP contribution is -2.44. The summed E-state index contributed by atoms with van der Waals surface area (Å²) in [5.74, 6) is -1.50. The van der Waals surface area contributed by atoms with Crippen molar-refractivity contribution in [1.29, 1.82) is 0 Å². The van der Waals surface area contributed by atoms with Crippen molar-refractivity contribution in [1.82, 2.24) is 5.32 Å². The standard InChI is InChI=1S/C28H29N3O4/c32-26(29-23-13-15-24(16-14-23)31-17-7-8-18-31)20-35-28(34)25(19-21-9-3-1-4-10-21)30-27(33)22-11-5-2-6-12-22/h1-6,9-16,25H,7-8,17-20H2,(H,29,32)(H,30,33). The minimum Gasteiger partial charge on any atom is -0.454 e. The van der Waals surface area contributed by atoms with Gasteiger partial charge in [-0.3, -0.25) is 9.59 Å². The number of nitrogens with one attached hydrogen (secondary N) is 2. The summed E-state index contributed by atoms with van der Waals surface area (Å²) in [6.07, 6.45) is 2.64. The van der Waals surface area contributed by atoms with E-state index in [1.165, 1.54) is 12.8 Å². The van der Waals surface area contributed by atoms with Gasteiger partial charge in [0.2, 0.25) is 0 Å². The Morgan fingerprint density at radius 2 is 1.46 bits per heavy atom. The van der Waals surface area contributed by atoms with Crippen LogP contribution in [0.4, 0.5) is 11.4 Å². The molecule has 0 aliphatic carbocycles. The highest BCUT2D eigenvalue weighted by atomic mass is 16.5. The largest absolute Gasteiger partial charge is 0.454 e. The topological polar surface area (TPSA) is 87.7 Å². The molecule has 35 heavy (non-hydrogen) atoms. The van der Waals surface area contributed by atoms with E-state index >= 15 is 0 Å². The van der Waals surface area contributed by atoms with Crippen molar-refractivity contribution >= 4 is 29.2 Å². The molecular weight excluding hydrogens is 442 g/mol. The lowest BCUT2D eigenvalue weighted by atomic mass is 10.1. The summed E-state index contributed by atoms with van der Waals surface area (Å²) in [6.45, 7) is 1.65. The fourth-order valence-corrected chi connectivity index (χ4v) is 4.04. The summed E-state index contributed by atoms with van der Waals surface area (Å²) < 4.78 is 5.28. The minimum atomic E-state index is -0.933. The van der Waals surface area contributed by atoms with Gasteiger partial charge in [0.05, 0.1) is 0 Å². The van der Waals surface area contributed by atoms with Crippen LogP contribution in [0.15, 0.2) is 84.9 Å². The van der Waals surface area contributed by atoms with Gasteiger partial charge in [-0.25, -0.2) is 4.79 Å². The lowest BCUT2D eigenvalue weighted by Gasteiger charge is -2.18. The number of hydrogen-bond donors (Lipinski definition) is 2. The average Bonchev–Trinajstić information content (AvgIpc) is 3.43. The molecule has 1 aliphatic heterocycles. The fourth-order valence-electron chi connectivity index (χ4n) is 4.04. The Labute approximate surface area is 205 Å². The molecule has 1 aliphatic rings. The van der Waals surface area contributed by atoms with Crippen molar-refractivity contribution in [3.8, 4) is 0 Å². The number of benzene rings is 3. The van der Waals surface area contributed by atoms with Gasteiger partial charge in [0, 0.05) is 36.4 Å². The van der Waals surface area contributed by atoms with E-state index in [2.05, 4.69) is 15.5 Å². The van der Waals surface area contributed by atoms with Gasteiger partial charge in [0.1, 0.15) is 6.04 Å². The number of amides is 2. The van der Waals surface area contributed by atoms with Crippen LogP contribution in [0.3, 0.4) is 0 Å². The Bertz CT molecular complexity index is 1130. The number of esters is 1. The van der Waals surface area contributed by atoms with Gasteiger partial charge in [-0.1, -0.05) is 48.5 Å². The maximum absolute atomic E-state index is 12.8. The number of ether oxygens (including phenoxy) is 1. The average molecular weight is 472 g/mol. The van der Waals surface area contributed by atoms with E-state index in [9.17, 15) is 14.4 Å². The highest BCUT2D eigenvalue weighted by Crippen LogP contribution is 2.22. The maximum atomic E-state index is 12.8. The van der Waals surface area contributed by atoms with Crippen LogP contribution in [0.1, 0.15) is 28.8 Å². The molecular formula is C28H29N3O4. The molecule has 1 unspecified atom stereocenters. The molecule has 1 atom stereocenters. The Hall–Kier alpha value is -4.13. The van der Waals surface area contributed by atoms with E-state index in [1.54, 1.807) is 24.3 Å². The Balaban J connectivity index is 1.33. The summed E-state index contributed by atoms with van der Waals surface area (Å²) in [4.78, 5) is 40.2. The molecule has 1 fully saturated rings. The predicted molar refractivity (Wildman–Crippen MR) is 135 cm³/mol. The molecule has 1 heterocycles. The van der Waals surface area contributed by atoms with E-state index in [1.807, 2.05) is 60.7 Å². The molecule has 4 rings (SSSR count). The monoisotopic (exact) mass is 471 g/mol. The van der Waals surface area contributed by atoms with Crippen LogP contribution in [0, 0.1) is 0 Å². The van der Waals surface area contributed by atoms with E-state index in [0.29, 0.717) is 11.3 Å². The van der Waals surface area contributed by atoms with E-state index in [4.69, 9.17) is 4.74 Å². The van der Waals surface area contributed by atoms with Gasteiger partial charge >= 0.3 is 5.97 Å². The molecule has 1 saturated heterocycles. The summed E-state index contributed by atoms with van der Waals surface area (Å²) in [7, 11) is 0. The molecule has 7 heteroatoms. The summed E-state index contributed by atoms with van der Waals surface area (Å²) in [6, 6.07) is 24.7. The number of carbonyl (C=O) groups is 3. The molecule has 0 saturated carbocycles. The second-order valence-electron chi connectivity index (χ2n) is 8.48. The lowest BCUT2D eigenvalue weighted by molar-refractivity contribution is -0.149. The SMILES string of the molecule is O=C(COC(=O)C(Cc1ccccc1)NC(=O)c1ccccc1)Nc1ccc(N2CCCC2)cc1. The molecule has 0 aromatic heterocycles. The third-order valence-corrected chi connectivity index (χ3v) is 5.88. The highest BCUT2D eigenvalue weighted by molar-refractivity contribution is 5.97. The molecule has 0 bridgehead atoms. The van der Waals surface area contributed by atoms with Crippen LogP contribution in [0.5, 0.6) is 0 Å². The molecule has 0 spiro atoms. The first kappa shape index (κ1) is 24.0. The minimum absolute atomic E-state index is 0.248. The van der Waals surface area contributed by atoms with Crippen LogP contribution < -0.4 is 15.5 Å². The third-order valence-electron chi connectivity index (χ3n) is 5.88. The molecule has 0 radical (unpaired) electrons. The van der Waals surface area contributed by atoms with Crippen molar-refractivity contribution in [2.24, 2.45) is 0 Å². The molecule has 2 N–H and O–H groups in total. The van der Waals surface area contributed by atoms with Crippen molar-refractivity contribution in [3.63, 3.8) is 0 Å². The first-order chi connectivity index (χ1) is 17.1. The molecule has 3 aromatic rings. The van der Waals surface area contributed by atoms with Crippen molar-refractivity contribution in [2.75, 3.05) is 29.9 Å². The first-order valence-electron chi connectivity index (χ1n) is 11.8. The predicted octanol–water partition coefficient (Wildman–Crippen LogP) is 3.81. The first-order valence-corrected chi connectivity index (χ1v) is 11.8. The number of carbonyl (C=O) groups excluding carboxylic acids is 3. The number of nitrogens with zero attached hydrogens (tertiary/aromatic N) is 1. The van der Waals surface area contributed by atoms with E-state index in [-0.39, 0.29) is 12.3 Å². The zero-order valence-electron chi connectivity index (χ0n) is 19.5. The Morgan fingerprint density at radius 1 is 0.829 bits per heavy atom. The smallest absolute Gasteiger partial charge is 0.329 e. The number of anilines is 2. The molecule has 2 amide bonds. The van der Waals surface area contributed by atoms with Crippen LogP contribution >= 0.6 is 0 Å². The van der Waals surface area contributed by atoms with Gasteiger partial charge in [-0.15, -0.1) is 0 Å².